The number of sulfone groups is 1. The molecule has 146 valence electrons. The topological polar surface area (TPSA) is 76.1 Å². The van der Waals surface area contributed by atoms with E-state index in [4.69, 9.17) is 0 Å². The van der Waals surface area contributed by atoms with Crippen LogP contribution in [0.25, 0.3) is 0 Å². The fourth-order valence-corrected chi connectivity index (χ4v) is 4.54. The molecule has 1 aromatic heterocycles. The third-order valence-corrected chi connectivity index (χ3v) is 6.59. The van der Waals surface area contributed by atoms with E-state index in [1.807, 2.05) is 0 Å². The van der Waals surface area contributed by atoms with Crippen LogP contribution in [0.1, 0.15) is 30.7 Å². The van der Waals surface area contributed by atoms with Gasteiger partial charge in [-0.1, -0.05) is 12.1 Å². The first-order chi connectivity index (χ1) is 12.7. The molecule has 4 atom stereocenters. The number of hydrogen-bond donors (Lipinski definition) is 1. The highest BCUT2D eigenvalue weighted by atomic mass is 32.2. The molecule has 2 unspecified atom stereocenters. The first-order valence-electron chi connectivity index (χ1n) is 8.52. The molecule has 0 aliphatic heterocycles. The zero-order valence-corrected chi connectivity index (χ0v) is 16.3. The van der Waals surface area contributed by atoms with Crippen molar-refractivity contribution < 1.29 is 22.0 Å². The molecular formula is C18H20F2N2O3S2. The molecule has 27 heavy (non-hydrogen) atoms. The number of alkyl halides is 2. The van der Waals surface area contributed by atoms with Gasteiger partial charge in [0.05, 0.1) is 10.8 Å². The van der Waals surface area contributed by atoms with Gasteiger partial charge in [-0.2, -0.15) is 0 Å². The number of aromatic nitrogens is 1. The standard InChI is InChI=1S/C18H20F2N2O3S2/c1-27(24,25)13-4-2-12(3-5-13)14(8-11-9-15(19)16(20)10-11)17(23)22-18-21-6-7-26-18/h2-7,11,14-16H,8-10H2,1H3,(H,21,22,23)/t11?,14?,15-,16+. The Morgan fingerprint density at radius 1 is 1.26 bits per heavy atom. The van der Waals surface area contributed by atoms with Crippen molar-refractivity contribution in [1.82, 2.24) is 4.98 Å². The Labute approximate surface area is 160 Å². The van der Waals surface area contributed by atoms with E-state index in [-0.39, 0.29) is 36.0 Å². The minimum Gasteiger partial charge on any atom is -0.301 e. The fraction of sp³-hybridized carbons (Fsp3) is 0.444. The van der Waals surface area contributed by atoms with Crippen molar-refractivity contribution in [3.8, 4) is 0 Å². The Morgan fingerprint density at radius 2 is 1.89 bits per heavy atom. The van der Waals surface area contributed by atoms with Crippen LogP contribution >= 0.6 is 11.3 Å². The predicted molar refractivity (Wildman–Crippen MR) is 100 cm³/mol. The summed E-state index contributed by atoms with van der Waals surface area (Å²) >= 11 is 1.27. The first kappa shape index (κ1) is 19.9. The molecule has 1 aliphatic rings. The highest BCUT2D eigenvalue weighted by Crippen LogP contribution is 2.38. The highest BCUT2D eigenvalue weighted by Gasteiger charge is 2.37. The molecule has 0 bridgehead atoms. The molecule has 1 aromatic carbocycles. The minimum atomic E-state index is -3.35. The molecule has 1 fully saturated rings. The molecule has 3 rings (SSSR count). The average molecular weight is 414 g/mol. The monoisotopic (exact) mass is 414 g/mol. The maximum Gasteiger partial charge on any atom is 0.233 e. The van der Waals surface area contributed by atoms with E-state index in [1.165, 1.54) is 23.5 Å². The first-order valence-corrected chi connectivity index (χ1v) is 11.3. The lowest BCUT2D eigenvalue weighted by Gasteiger charge is -2.20. The van der Waals surface area contributed by atoms with E-state index < -0.39 is 28.1 Å². The van der Waals surface area contributed by atoms with E-state index in [9.17, 15) is 22.0 Å². The van der Waals surface area contributed by atoms with Crippen LogP contribution in [0.3, 0.4) is 0 Å². The molecule has 9 heteroatoms. The maximum atomic E-state index is 13.6. The average Bonchev–Trinajstić information content (AvgIpc) is 3.22. The normalized spacial score (nSPS) is 23.9. The van der Waals surface area contributed by atoms with E-state index in [1.54, 1.807) is 23.7 Å². The van der Waals surface area contributed by atoms with Crippen LogP contribution in [0.5, 0.6) is 0 Å². The molecule has 1 amide bonds. The summed E-state index contributed by atoms with van der Waals surface area (Å²) in [7, 11) is -3.35. The second-order valence-electron chi connectivity index (χ2n) is 6.83. The van der Waals surface area contributed by atoms with Gasteiger partial charge in [0.1, 0.15) is 12.3 Å². The highest BCUT2D eigenvalue weighted by molar-refractivity contribution is 7.90. The molecule has 0 saturated heterocycles. The van der Waals surface area contributed by atoms with Gasteiger partial charge in [-0.15, -0.1) is 11.3 Å². The third kappa shape index (κ3) is 4.90. The molecular weight excluding hydrogens is 394 g/mol. The summed E-state index contributed by atoms with van der Waals surface area (Å²) in [6.45, 7) is 0. The van der Waals surface area contributed by atoms with Gasteiger partial charge in [-0.3, -0.25) is 4.79 Å². The number of carbonyl (C=O) groups is 1. The van der Waals surface area contributed by atoms with Crippen LogP contribution in [0, 0.1) is 5.92 Å². The van der Waals surface area contributed by atoms with Gasteiger partial charge in [0, 0.05) is 17.8 Å². The molecule has 1 aliphatic carbocycles. The van der Waals surface area contributed by atoms with Crippen LogP contribution in [-0.2, 0) is 14.6 Å². The van der Waals surface area contributed by atoms with Crippen molar-refractivity contribution in [2.45, 2.75) is 42.4 Å². The fourth-order valence-electron chi connectivity index (χ4n) is 3.37. The molecule has 1 heterocycles. The Bertz CT molecular complexity index is 876. The number of halogens is 2. The Kier molecular flexibility index (Phi) is 5.90. The van der Waals surface area contributed by atoms with Gasteiger partial charge in [0.15, 0.2) is 15.0 Å². The van der Waals surface area contributed by atoms with Gasteiger partial charge in [-0.25, -0.2) is 22.2 Å². The van der Waals surface area contributed by atoms with Crippen LogP contribution in [0.15, 0.2) is 40.7 Å². The number of rotatable bonds is 6. The van der Waals surface area contributed by atoms with Crippen molar-refractivity contribution in [3.05, 3.63) is 41.4 Å². The maximum absolute atomic E-state index is 13.6. The second-order valence-corrected chi connectivity index (χ2v) is 9.74. The van der Waals surface area contributed by atoms with Gasteiger partial charge >= 0.3 is 0 Å². The number of nitrogens with zero attached hydrogens (tertiary/aromatic N) is 1. The summed E-state index contributed by atoms with van der Waals surface area (Å²) < 4.78 is 50.4. The molecule has 0 spiro atoms. The van der Waals surface area contributed by atoms with Crippen LogP contribution in [-0.4, -0.2) is 37.9 Å². The Balaban J connectivity index is 1.83. The van der Waals surface area contributed by atoms with Gasteiger partial charge in [-0.05, 0) is 42.9 Å². The van der Waals surface area contributed by atoms with Gasteiger partial charge in [0.2, 0.25) is 5.91 Å². The minimum absolute atomic E-state index is 0.0869. The number of hydrogen-bond acceptors (Lipinski definition) is 5. The van der Waals surface area contributed by atoms with Crippen molar-refractivity contribution in [1.29, 1.82) is 0 Å². The number of anilines is 1. The van der Waals surface area contributed by atoms with E-state index in [2.05, 4.69) is 10.3 Å². The zero-order chi connectivity index (χ0) is 19.6. The van der Waals surface area contributed by atoms with Gasteiger partial charge in [0.25, 0.3) is 0 Å². The lowest BCUT2D eigenvalue weighted by molar-refractivity contribution is -0.118. The molecule has 0 radical (unpaired) electrons. The molecule has 1 saturated carbocycles. The Hall–Kier alpha value is -1.87. The quantitative estimate of drug-likeness (QED) is 0.781. The number of nitrogens with one attached hydrogen (secondary N) is 1. The van der Waals surface area contributed by atoms with Crippen molar-refractivity contribution in [2.75, 3.05) is 11.6 Å². The number of benzene rings is 1. The SMILES string of the molecule is CS(=O)(=O)c1ccc(C(CC2C[C@@H](F)[C@@H](F)C2)C(=O)Nc2nccs2)cc1. The van der Waals surface area contributed by atoms with E-state index in [0.717, 1.165) is 6.26 Å². The summed E-state index contributed by atoms with van der Waals surface area (Å²) in [6.07, 6.45) is 0.143. The van der Waals surface area contributed by atoms with Crippen molar-refractivity contribution in [2.24, 2.45) is 5.92 Å². The number of carbonyl (C=O) groups excluding carboxylic acids is 1. The van der Waals surface area contributed by atoms with E-state index >= 15 is 0 Å². The summed E-state index contributed by atoms with van der Waals surface area (Å²) in [6, 6.07) is 6.05. The number of amides is 1. The molecule has 5 nitrogen and oxygen atoms in total. The zero-order valence-electron chi connectivity index (χ0n) is 14.6. The lowest BCUT2D eigenvalue weighted by atomic mass is 9.87. The lowest BCUT2D eigenvalue weighted by Crippen LogP contribution is -2.23. The van der Waals surface area contributed by atoms with Crippen molar-refractivity contribution in [3.63, 3.8) is 0 Å². The third-order valence-electron chi connectivity index (χ3n) is 4.77. The van der Waals surface area contributed by atoms with Crippen LogP contribution in [0.2, 0.25) is 0 Å². The van der Waals surface area contributed by atoms with Crippen molar-refractivity contribution >= 4 is 32.2 Å². The summed E-state index contributed by atoms with van der Waals surface area (Å²) in [5.74, 6) is -1.23. The molecule has 1 N–H and O–H groups in total. The van der Waals surface area contributed by atoms with E-state index in [0.29, 0.717) is 10.7 Å². The number of thiazole rings is 1. The Morgan fingerprint density at radius 3 is 2.41 bits per heavy atom. The van der Waals surface area contributed by atoms with Gasteiger partial charge < -0.3 is 5.32 Å². The summed E-state index contributed by atoms with van der Waals surface area (Å²) in [5.41, 5.74) is 0.606. The summed E-state index contributed by atoms with van der Waals surface area (Å²) in [5, 5.41) is 4.89. The van der Waals surface area contributed by atoms with Crippen LogP contribution in [0.4, 0.5) is 13.9 Å². The smallest absolute Gasteiger partial charge is 0.233 e. The predicted octanol–water partition coefficient (Wildman–Crippen LogP) is 3.75. The largest absolute Gasteiger partial charge is 0.301 e. The van der Waals surface area contributed by atoms with Crippen LogP contribution < -0.4 is 5.32 Å². The summed E-state index contributed by atoms with van der Waals surface area (Å²) in [4.78, 5) is 17.0. The molecule has 2 aromatic rings. The second kappa shape index (κ2) is 8.02.